The fourth-order valence-electron chi connectivity index (χ4n) is 4.02. The number of nitrogens with zero attached hydrogens (tertiary/aromatic N) is 4. The van der Waals surface area contributed by atoms with Crippen LogP contribution in [-0.4, -0.2) is 46.5 Å². The van der Waals surface area contributed by atoms with Gasteiger partial charge in [0.25, 0.3) is 0 Å². The number of fused-ring (bicyclic) bond motifs is 1. The van der Waals surface area contributed by atoms with Crippen LogP contribution in [0.15, 0.2) is 48.5 Å². The SMILES string of the molecule is C/C=C/c1ccc(C(=N)N)c(N2CCN(Cc3nc4ccccc4n3C)CC2)c1. The summed E-state index contributed by atoms with van der Waals surface area (Å²) in [7, 11) is 2.09. The number of aromatic nitrogens is 2. The number of benzene rings is 2. The Labute approximate surface area is 171 Å². The number of imidazole rings is 1. The lowest BCUT2D eigenvalue weighted by Crippen LogP contribution is -2.46. The summed E-state index contributed by atoms with van der Waals surface area (Å²) >= 11 is 0. The summed E-state index contributed by atoms with van der Waals surface area (Å²) in [5.41, 5.74) is 11.1. The number of amidine groups is 1. The summed E-state index contributed by atoms with van der Waals surface area (Å²) in [4.78, 5) is 9.60. The van der Waals surface area contributed by atoms with E-state index >= 15 is 0 Å². The number of nitrogens with two attached hydrogens (primary N) is 1. The largest absolute Gasteiger partial charge is 0.384 e. The number of nitrogens with one attached hydrogen (secondary N) is 1. The van der Waals surface area contributed by atoms with E-state index in [0.717, 1.165) is 60.9 Å². The zero-order valence-corrected chi connectivity index (χ0v) is 17.1. The Bertz CT molecular complexity index is 1060. The van der Waals surface area contributed by atoms with Gasteiger partial charge in [-0.1, -0.05) is 30.4 Å². The predicted octanol–water partition coefficient (Wildman–Crippen LogP) is 3.21. The monoisotopic (exact) mass is 388 g/mol. The molecule has 1 saturated heterocycles. The van der Waals surface area contributed by atoms with E-state index in [1.165, 1.54) is 5.52 Å². The van der Waals surface area contributed by atoms with Gasteiger partial charge in [-0.2, -0.15) is 0 Å². The highest BCUT2D eigenvalue weighted by molar-refractivity contribution is 6.01. The minimum atomic E-state index is 0.120. The molecule has 0 spiro atoms. The molecule has 0 unspecified atom stereocenters. The number of piperazine rings is 1. The summed E-state index contributed by atoms with van der Waals surface area (Å²) in [6.45, 7) is 6.57. The number of para-hydroxylation sites is 2. The molecule has 29 heavy (non-hydrogen) atoms. The zero-order valence-electron chi connectivity index (χ0n) is 17.1. The van der Waals surface area contributed by atoms with Crippen molar-refractivity contribution in [3.05, 3.63) is 65.5 Å². The summed E-state index contributed by atoms with van der Waals surface area (Å²) in [6.07, 6.45) is 4.11. The van der Waals surface area contributed by atoms with Crippen molar-refractivity contribution in [3.8, 4) is 0 Å². The van der Waals surface area contributed by atoms with Crippen LogP contribution < -0.4 is 10.6 Å². The Hall–Kier alpha value is -3.12. The molecule has 0 atom stereocenters. The molecule has 6 heteroatoms. The van der Waals surface area contributed by atoms with Gasteiger partial charge in [-0.15, -0.1) is 0 Å². The Kier molecular flexibility index (Phi) is 5.36. The van der Waals surface area contributed by atoms with Crippen molar-refractivity contribution < 1.29 is 0 Å². The molecule has 0 radical (unpaired) electrons. The van der Waals surface area contributed by atoms with Crippen LogP contribution in [0, 0.1) is 5.41 Å². The Morgan fingerprint density at radius 2 is 1.90 bits per heavy atom. The van der Waals surface area contributed by atoms with Gasteiger partial charge in [0, 0.05) is 44.5 Å². The number of allylic oxidation sites excluding steroid dienone is 1. The average molecular weight is 389 g/mol. The highest BCUT2D eigenvalue weighted by atomic mass is 15.3. The van der Waals surface area contributed by atoms with Crippen molar-refractivity contribution in [3.63, 3.8) is 0 Å². The summed E-state index contributed by atoms with van der Waals surface area (Å²) in [6, 6.07) is 14.4. The van der Waals surface area contributed by atoms with E-state index < -0.39 is 0 Å². The van der Waals surface area contributed by atoms with Crippen molar-refractivity contribution in [1.29, 1.82) is 5.41 Å². The lowest BCUT2D eigenvalue weighted by molar-refractivity contribution is 0.242. The van der Waals surface area contributed by atoms with Crippen LogP contribution in [0.1, 0.15) is 23.9 Å². The maximum atomic E-state index is 7.94. The van der Waals surface area contributed by atoms with Crippen molar-refractivity contribution in [1.82, 2.24) is 14.5 Å². The van der Waals surface area contributed by atoms with E-state index in [2.05, 4.69) is 51.8 Å². The van der Waals surface area contributed by atoms with Crippen molar-refractivity contribution in [2.45, 2.75) is 13.5 Å². The van der Waals surface area contributed by atoms with Crippen LogP contribution in [-0.2, 0) is 13.6 Å². The molecule has 3 aromatic rings. The normalized spacial score (nSPS) is 15.4. The molecular formula is C23H28N6. The fraction of sp³-hybridized carbons (Fsp3) is 0.304. The van der Waals surface area contributed by atoms with Crippen LogP contribution in [0.2, 0.25) is 0 Å². The van der Waals surface area contributed by atoms with E-state index in [-0.39, 0.29) is 5.84 Å². The van der Waals surface area contributed by atoms with Crippen molar-refractivity contribution >= 4 is 28.6 Å². The third kappa shape index (κ3) is 3.89. The van der Waals surface area contributed by atoms with Crippen LogP contribution >= 0.6 is 0 Å². The Morgan fingerprint density at radius 3 is 2.59 bits per heavy atom. The van der Waals surface area contributed by atoms with Gasteiger partial charge in [0.05, 0.1) is 17.6 Å². The first-order valence-corrected chi connectivity index (χ1v) is 10.1. The molecule has 1 aliphatic heterocycles. The molecule has 4 rings (SSSR count). The van der Waals surface area contributed by atoms with Crippen molar-refractivity contribution in [2.75, 3.05) is 31.1 Å². The van der Waals surface area contributed by atoms with Crippen LogP contribution in [0.5, 0.6) is 0 Å². The van der Waals surface area contributed by atoms with Crippen molar-refractivity contribution in [2.24, 2.45) is 12.8 Å². The van der Waals surface area contributed by atoms with E-state index in [1.54, 1.807) is 0 Å². The molecule has 1 aliphatic rings. The molecule has 1 aromatic heterocycles. The van der Waals surface area contributed by atoms with Gasteiger partial charge < -0.3 is 15.2 Å². The van der Waals surface area contributed by atoms with Crippen LogP contribution in [0.4, 0.5) is 5.69 Å². The maximum absolute atomic E-state index is 7.94. The van der Waals surface area contributed by atoms with Crippen LogP contribution in [0.3, 0.4) is 0 Å². The number of aryl methyl sites for hydroxylation is 1. The van der Waals surface area contributed by atoms with E-state index in [4.69, 9.17) is 16.1 Å². The molecule has 1 fully saturated rings. The van der Waals surface area contributed by atoms with Crippen LogP contribution in [0.25, 0.3) is 17.1 Å². The Morgan fingerprint density at radius 1 is 1.14 bits per heavy atom. The smallest absolute Gasteiger partial charge is 0.124 e. The number of hydrogen-bond donors (Lipinski definition) is 2. The molecule has 150 valence electrons. The second-order valence-corrected chi connectivity index (χ2v) is 7.53. The van der Waals surface area contributed by atoms with Gasteiger partial charge in [0.2, 0.25) is 0 Å². The summed E-state index contributed by atoms with van der Waals surface area (Å²) in [5.74, 6) is 1.22. The lowest BCUT2D eigenvalue weighted by Gasteiger charge is -2.36. The zero-order chi connectivity index (χ0) is 20.4. The van der Waals surface area contributed by atoms with Gasteiger partial charge in [-0.3, -0.25) is 10.3 Å². The average Bonchev–Trinajstić information content (AvgIpc) is 3.04. The first kappa shape index (κ1) is 19.2. The molecule has 2 heterocycles. The standard InChI is InChI=1S/C23H28N6/c1-3-6-17-9-10-18(23(24)25)21(15-17)29-13-11-28(12-14-29)16-22-26-19-7-4-5-8-20(19)27(22)2/h3-10,15H,11-14,16H2,1-2H3,(H3,24,25)/b6-3+. The predicted molar refractivity (Wildman–Crippen MR) is 120 cm³/mol. The molecular weight excluding hydrogens is 360 g/mol. The molecule has 2 aromatic carbocycles. The van der Waals surface area contributed by atoms with Gasteiger partial charge in [-0.05, 0) is 36.8 Å². The molecule has 6 nitrogen and oxygen atoms in total. The number of rotatable bonds is 5. The second-order valence-electron chi connectivity index (χ2n) is 7.53. The molecule has 0 saturated carbocycles. The van der Waals surface area contributed by atoms with Gasteiger partial charge >= 0.3 is 0 Å². The quantitative estimate of drug-likeness (QED) is 0.520. The van der Waals surface area contributed by atoms with Gasteiger partial charge in [-0.25, -0.2) is 4.98 Å². The van der Waals surface area contributed by atoms with E-state index in [9.17, 15) is 0 Å². The molecule has 0 bridgehead atoms. The summed E-state index contributed by atoms with van der Waals surface area (Å²) < 4.78 is 2.19. The number of hydrogen-bond acceptors (Lipinski definition) is 4. The summed E-state index contributed by atoms with van der Waals surface area (Å²) in [5, 5.41) is 7.94. The minimum Gasteiger partial charge on any atom is -0.384 e. The maximum Gasteiger partial charge on any atom is 0.124 e. The number of nitrogen functional groups attached to an aromatic ring is 1. The highest BCUT2D eigenvalue weighted by Gasteiger charge is 2.21. The molecule has 0 aliphatic carbocycles. The first-order chi connectivity index (χ1) is 14.1. The minimum absolute atomic E-state index is 0.120. The first-order valence-electron chi connectivity index (χ1n) is 10.1. The fourth-order valence-corrected chi connectivity index (χ4v) is 4.02. The molecule has 3 N–H and O–H groups in total. The van der Waals surface area contributed by atoms with E-state index in [0.29, 0.717) is 0 Å². The highest BCUT2D eigenvalue weighted by Crippen LogP contribution is 2.25. The topological polar surface area (TPSA) is 74.2 Å². The van der Waals surface area contributed by atoms with Gasteiger partial charge in [0.15, 0.2) is 0 Å². The Balaban J connectivity index is 1.48. The number of anilines is 1. The lowest BCUT2D eigenvalue weighted by atomic mass is 10.1. The second kappa shape index (κ2) is 8.09. The third-order valence-electron chi connectivity index (χ3n) is 5.63. The van der Waals surface area contributed by atoms with Gasteiger partial charge in [0.1, 0.15) is 11.7 Å². The third-order valence-corrected chi connectivity index (χ3v) is 5.63. The van der Waals surface area contributed by atoms with E-state index in [1.807, 2.05) is 31.2 Å². The molecule has 0 amide bonds.